The summed E-state index contributed by atoms with van der Waals surface area (Å²) < 4.78 is 10.8. The Morgan fingerprint density at radius 1 is 0.724 bits per heavy atom. The number of nitrogens with zero attached hydrogens (tertiary/aromatic N) is 1. The summed E-state index contributed by atoms with van der Waals surface area (Å²) in [5.74, 6) is -0.899. The van der Waals surface area contributed by atoms with Gasteiger partial charge in [0.25, 0.3) is 0 Å². The second kappa shape index (κ2) is 19.7. The molecule has 0 heterocycles. The molecular weight excluding hydrogens is 370 g/mol. The molecule has 0 aliphatic carbocycles. The molecule has 1 N–H and O–H groups in total. The number of ether oxygens (including phenoxy) is 2. The van der Waals surface area contributed by atoms with Crippen LogP contribution in [0.5, 0.6) is 0 Å². The second-order valence-corrected chi connectivity index (χ2v) is 7.68. The van der Waals surface area contributed by atoms with E-state index in [0.29, 0.717) is 19.0 Å². The van der Waals surface area contributed by atoms with Crippen LogP contribution in [0.4, 0.5) is 0 Å². The van der Waals surface area contributed by atoms with Gasteiger partial charge in [0, 0.05) is 0 Å². The molecule has 6 heteroatoms. The highest BCUT2D eigenvalue weighted by Crippen LogP contribution is 2.08. The number of rotatable bonds is 21. The average molecular weight is 414 g/mol. The van der Waals surface area contributed by atoms with Crippen LogP contribution in [0.3, 0.4) is 0 Å². The molecule has 29 heavy (non-hydrogen) atoms. The number of hydrogen-bond acceptors (Lipinski definition) is 5. The molecule has 0 aromatic carbocycles. The van der Waals surface area contributed by atoms with Gasteiger partial charge in [-0.2, -0.15) is 0 Å². The SMILES string of the molecule is C=C(CN(CC(=O)O)CC(=O)OCCCCCCCC)OCCCCCCCC. The second-order valence-electron chi connectivity index (χ2n) is 7.68. The minimum atomic E-state index is -0.988. The summed E-state index contributed by atoms with van der Waals surface area (Å²) in [6, 6.07) is 0. The van der Waals surface area contributed by atoms with E-state index in [4.69, 9.17) is 14.6 Å². The third kappa shape index (κ3) is 19.5. The molecule has 0 spiro atoms. The van der Waals surface area contributed by atoms with E-state index in [2.05, 4.69) is 20.4 Å². The highest BCUT2D eigenvalue weighted by molar-refractivity contribution is 5.74. The molecule has 0 atom stereocenters. The molecular formula is C23H43NO5. The Kier molecular flexibility index (Phi) is 18.7. The zero-order chi connectivity index (χ0) is 21.7. The quantitative estimate of drug-likeness (QED) is 0.159. The molecule has 0 radical (unpaired) electrons. The van der Waals surface area contributed by atoms with Crippen molar-refractivity contribution in [3.63, 3.8) is 0 Å². The molecule has 0 rings (SSSR count). The molecule has 0 aliphatic rings. The zero-order valence-electron chi connectivity index (χ0n) is 18.8. The van der Waals surface area contributed by atoms with Crippen LogP contribution in [-0.4, -0.2) is 54.8 Å². The van der Waals surface area contributed by atoms with E-state index < -0.39 is 11.9 Å². The lowest BCUT2D eigenvalue weighted by molar-refractivity contribution is -0.146. The Morgan fingerprint density at radius 2 is 1.21 bits per heavy atom. The van der Waals surface area contributed by atoms with Crippen LogP contribution in [0.2, 0.25) is 0 Å². The fourth-order valence-corrected chi connectivity index (χ4v) is 3.05. The first kappa shape index (κ1) is 27.4. The summed E-state index contributed by atoms with van der Waals surface area (Å²) in [4.78, 5) is 24.6. The van der Waals surface area contributed by atoms with Crippen molar-refractivity contribution in [1.82, 2.24) is 4.90 Å². The predicted molar refractivity (Wildman–Crippen MR) is 117 cm³/mol. The zero-order valence-corrected chi connectivity index (χ0v) is 18.8. The maximum Gasteiger partial charge on any atom is 0.320 e. The lowest BCUT2D eigenvalue weighted by atomic mass is 10.1. The molecule has 0 bridgehead atoms. The summed E-state index contributed by atoms with van der Waals surface area (Å²) in [5.41, 5.74) is 0. The monoisotopic (exact) mass is 413 g/mol. The van der Waals surface area contributed by atoms with Gasteiger partial charge in [0.1, 0.15) is 5.76 Å². The van der Waals surface area contributed by atoms with Gasteiger partial charge in [-0.1, -0.05) is 84.6 Å². The molecule has 0 saturated carbocycles. The van der Waals surface area contributed by atoms with Crippen LogP contribution in [0, 0.1) is 0 Å². The number of unbranched alkanes of at least 4 members (excludes halogenated alkanes) is 10. The Balaban J connectivity index is 4.00. The summed E-state index contributed by atoms with van der Waals surface area (Å²) >= 11 is 0. The maximum absolute atomic E-state index is 12.0. The van der Waals surface area contributed by atoms with E-state index in [1.165, 1.54) is 49.8 Å². The number of aliphatic carboxylic acids is 1. The molecule has 0 unspecified atom stereocenters. The van der Waals surface area contributed by atoms with Crippen LogP contribution >= 0.6 is 0 Å². The lowest BCUT2D eigenvalue weighted by Gasteiger charge is -2.20. The number of carboxylic acid groups (broad SMARTS) is 1. The van der Waals surface area contributed by atoms with Crippen molar-refractivity contribution in [2.75, 3.05) is 32.8 Å². The number of carboxylic acids is 1. The van der Waals surface area contributed by atoms with E-state index in [1.807, 2.05) is 0 Å². The topological polar surface area (TPSA) is 76.1 Å². The fraction of sp³-hybridized carbons (Fsp3) is 0.826. The summed E-state index contributed by atoms with van der Waals surface area (Å²) in [6.45, 7) is 9.10. The van der Waals surface area contributed by atoms with Gasteiger partial charge in [-0.15, -0.1) is 0 Å². The third-order valence-electron chi connectivity index (χ3n) is 4.68. The Hall–Kier alpha value is -1.56. The van der Waals surface area contributed by atoms with Gasteiger partial charge < -0.3 is 14.6 Å². The van der Waals surface area contributed by atoms with Crippen LogP contribution in [-0.2, 0) is 19.1 Å². The summed E-state index contributed by atoms with van der Waals surface area (Å²) in [7, 11) is 0. The average Bonchev–Trinajstić information content (AvgIpc) is 2.66. The minimum absolute atomic E-state index is 0.0679. The van der Waals surface area contributed by atoms with Crippen molar-refractivity contribution in [1.29, 1.82) is 0 Å². The van der Waals surface area contributed by atoms with Crippen molar-refractivity contribution in [2.45, 2.75) is 90.9 Å². The van der Waals surface area contributed by atoms with Gasteiger partial charge in [-0.05, 0) is 12.8 Å². The number of carbonyl (C=O) groups is 2. The summed E-state index contributed by atoms with van der Waals surface area (Å²) in [5, 5.41) is 9.08. The van der Waals surface area contributed by atoms with Gasteiger partial charge in [0.05, 0.1) is 32.8 Å². The third-order valence-corrected chi connectivity index (χ3v) is 4.68. The van der Waals surface area contributed by atoms with Gasteiger partial charge in [-0.3, -0.25) is 14.5 Å². The standard InChI is InChI=1S/C23H43NO5/c1-4-6-8-10-12-14-16-28-21(3)18-24(19-22(25)26)20-23(27)29-17-15-13-11-9-7-5-2/h3-20H2,1-2H3,(H,25,26). The Labute approximate surface area is 177 Å². The van der Waals surface area contributed by atoms with Gasteiger partial charge in [0.15, 0.2) is 0 Å². The molecule has 0 aromatic rings. The van der Waals surface area contributed by atoms with E-state index in [0.717, 1.165) is 32.1 Å². The number of esters is 1. The van der Waals surface area contributed by atoms with Crippen molar-refractivity contribution >= 4 is 11.9 Å². The molecule has 170 valence electrons. The van der Waals surface area contributed by atoms with E-state index in [-0.39, 0.29) is 19.6 Å². The van der Waals surface area contributed by atoms with Gasteiger partial charge in [0.2, 0.25) is 0 Å². The Bertz CT molecular complexity index is 407. The van der Waals surface area contributed by atoms with Crippen LogP contribution < -0.4 is 0 Å². The Morgan fingerprint density at radius 3 is 1.72 bits per heavy atom. The van der Waals surface area contributed by atoms with Crippen molar-refractivity contribution in [2.24, 2.45) is 0 Å². The molecule has 0 aromatic heterocycles. The smallest absolute Gasteiger partial charge is 0.320 e. The maximum atomic E-state index is 12.0. The molecule has 0 aliphatic heterocycles. The lowest BCUT2D eigenvalue weighted by Crippen LogP contribution is -2.37. The van der Waals surface area contributed by atoms with Crippen molar-refractivity contribution in [3.8, 4) is 0 Å². The first-order chi connectivity index (χ1) is 14.0. The highest BCUT2D eigenvalue weighted by Gasteiger charge is 2.16. The number of carbonyl (C=O) groups excluding carboxylic acids is 1. The molecule has 0 amide bonds. The highest BCUT2D eigenvalue weighted by atomic mass is 16.5. The van der Waals surface area contributed by atoms with Gasteiger partial charge >= 0.3 is 11.9 Å². The molecule has 6 nitrogen and oxygen atoms in total. The summed E-state index contributed by atoms with van der Waals surface area (Å²) in [6.07, 6.45) is 13.8. The first-order valence-electron chi connectivity index (χ1n) is 11.4. The first-order valence-corrected chi connectivity index (χ1v) is 11.4. The predicted octanol–water partition coefficient (Wildman–Crippen LogP) is 5.17. The van der Waals surface area contributed by atoms with E-state index >= 15 is 0 Å². The minimum Gasteiger partial charge on any atom is -0.497 e. The van der Waals surface area contributed by atoms with Crippen molar-refractivity contribution < 1.29 is 24.2 Å². The largest absolute Gasteiger partial charge is 0.497 e. The van der Waals surface area contributed by atoms with Crippen molar-refractivity contribution in [3.05, 3.63) is 12.3 Å². The van der Waals surface area contributed by atoms with Crippen LogP contribution in [0.1, 0.15) is 90.9 Å². The van der Waals surface area contributed by atoms with E-state index in [9.17, 15) is 9.59 Å². The van der Waals surface area contributed by atoms with Crippen LogP contribution in [0.15, 0.2) is 12.3 Å². The van der Waals surface area contributed by atoms with Gasteiger partial charge in [-0.25, -0.2) is 0 Å². The van der Waals surface area contributed by atoms with Crippen LogP contribution in [0.25, 0.3) is 0 Å². The number of hydrogen-bond donors (Lipinski definition) is 1. The molecule has 0 fully saturated rings. The molecule has 0 saturated heterocycles. The fourth-order valence-electron chi connectivity index (χ4n) is 3.05. The normalized spacial score (nSPS) is 10.9. The van der Waals surface area contributed by atoms with E-state index in [1.54, 1.807) is 0 Å².